The summed E-state index contributed by atoms with van der Waals surface area (Å²) in [6.07, 6.45) is 5.57. The summed E-state index contributed by atoms with van der Waals surface area (Å²) in [5, 5.41) is 0. The number of amides is 2. The third kappa shape index (κ3) is 5.14. The number of hydrogen-bond donors (Lipinski definition) is 0. The van der Waals surface area contributed by atoms with Crippen LogP contribution in [0, 0.1) is 11.8 Å². The molecule has 1 aliphatic carbocycles. The maximum absolute atomic E-state index is 13.9. The normalized spacial score (nSPS) is 16.5. The minimum Gasteiger partial charge on any atom is -0.281 e. The van der Waals surface area contributed by atoms with Gasteiger partial charge >= 0.3 is 0 Å². The van der Waals surface area contributed by atoms with Crippen molar-refractivity contribution >= 4 is 34.6 Å². The standard InChI is InChI=1S/C33H28N2O2/c1-25-24-26(32(36)34(27-14-6-2-7-15-27)28-16-8-3-9-17-28)22-23-31(25)33(37)35(29-18-10-4-11-19-29)30-20-12-5-13-21-30/h2-25,31H,1H3. The molecular formula is C33H28N2O2. The first kappa shape index (κ1) is 24.0. The lowest BCUT2D eigenvalue weighted by Gasteiger charge is -2.31. The third-order valence-corrected chi connectivity index (χ3v) is 6.51. The first-order valence-corrected chi connectivity index (χ1v) is 12.4. The largest absolute Gasteiger partial charge is 0.281 e. The van der Waals surface area contributed by atoms with E-state index in [1.54, 1.807) is 15.9 Å². The summed E-state index contributed by atoms with van der Waals surface area (Å²) in [4.78, 5) is 31.2. The fourth-order valence-electron chi connectivity index (χ4n) is 4.65. The molecule has 182 valence electrons. The van der Waals surface area contributed by atoms with Gasteiger partial charge in [0.25, 0.3) is 5.91 Å². The molecule has 0 saturated heterocycles. The van der Waals surface area contributed by atoms with E-state index >= 15 is 0 Å². The van der Waals surface area contributed by atoms with Crippen LogP contribution in [0.3, 0.4) is 0 Å². The molecule has 37 heavy (non-hydrogen) atoms. The molecule has 1 aliphatic rings. The molecule has 2 amide bonds. The number of allylic oxidation sites excluding steroid dienone is 1. The molecule has 2 unspecified atom stereocenters. The molecular weight excluding hydrogens is 456 g/mol. The fraction of sp³-hybridized carbons (Fsp3) is 0.0909. The van der Waals surface area contributed by atoms with Gasteiger partial charge in [0, 0.05) is 28.3 Å². The summed E-state index contributed by atoms with van der Waals surface area (Å²) in [5.41, 5.74) is 3.76. The summed E-state index contributed by atoms with van der Waals surface area (Å²) >= 11 is 0. The second-order valence-corrected chi connectivity index (χ2v) is 9.02. The lowest BCUT2D eigenvalue weighted by atomic mass is 9.85. The van der Waals surface area contributed by atoms with Crippen LogP contribution < -0.4 is 9.80 Å². The maximum Gasteiger partial charge on any atom is 0.262 e. The van der Waals surface area contributed by atoms with E-state index in [1.165, 1.54) is 0 Å². The average Bonchev–Trinajstić information content (AvgIpc) is 2.95. The van der Waals surface area contributed by atoms with Gasteiger partial charge in [0.2, 0.25) is 5.91 Å². The number of carbonyl (C=O) groups excluding carboxylic acids is 2. The van der Waals surface area contributed by atoms with Crippen molar-refractivity contribution in [3.8, 4) is 0 Å². The van der Waals surface area contributed by atoms with Gasteiger partial charge in [0.05, 0.1) is 5.92 Å². The van der Waals surface area contributed by atoms with E-state index in [0.717, 1.165) is 22.7 Å². The first-order chi connectivity index (χ1) is 18.1. The molecule has 0 N–H and O–H groups in total. The second kappa shape index (κ2) is 10.9. The summed E-state index contributed by atoms with van der Waals surface area (Å²) < 4.78 is 0. The molecule has 0 bridgehead atoms. The summed E-state index contributed by atoms with van der Waals surface area (Å²) in [6.45, 7) is 1.99. The predicted molar refractivity (Wildman–Crippen MR) is 150 cm³/mol. The van der Waals surface area contributed by atoms with E-state index < -0.39 is 5.92 Å². The van der Waals surface area contributed by atoms with Crippen molar-refractivity contribution in [1.82, 2.24) is 0 Å². The molecule has 2 atom stereocenters. The van der Waals surface area contributed by atoms with Gasteiger partial charge < -0.3 is 0 Å². The van der Waals surface area contributed by atoms with Crippen LogP contribution in [-0.2, 0) is 9.59 Å². The van der Waals surface area contributed by atoms with Crippen LogP contribution in [0.4, 0.5) is 22.7 Å². The van der Waals surface area contributed by atoms with Crippen molar-refractivity contribution in [2.24, 2.45) is 11.8 Å². The van der Waals surface area contributed by atoms with Crippen molar-refractivity contribution < 1.29 is 9.59 Å². The van der Waals surface area contributed by atoms with Crippen LogP contribution >= 0.6 is 0 Å². The zero-order valence-corrected chi connectivity index (χ0v) is 20.6. The Balaban J connectivity index is 1.44. The van der Waals surface area contributed by atoms with E-state index in [0.29, 0.717) is 5.57 Å². The summed E-state index contributed by atoms with van der Waals surface area (Å²) in [7, 11) is 0. The van der Waals surface area contributed by atoms with Crippen molar-refractivity contribution in [3.05, 3.63) is 145 Å². The maximum atomic E-state index is 13.9. The van der Waals surface area contributed by atoms with Crippen molar-refractivity contribution in [1.29, 1.82) is 0 Å². The number of para-hydroxylation sites is 4. The molecule has 4 heteroatoms. The number of hydrogen-bond acceptors (Lipinski definition) is 2. The van der Waals surface area contributed by atoms with Gasteiger partial charge in [-0.2, -0.15) is 0 Å². The third-order valence-electron chi connectivity index (χ3n) is 6.51. The van der Waals surface area contributed by atoms with E-state index in [9.17, 15) is 9.59 Å². The van der Waals surface area contributed by atoms with E-state index in [2.05, 4.69) is 0 Å². The Morgan fingerprint density at radius 3 is 1.32 bits per heavy atom. The predicted octanol–water partition coefficient (Wildman–Crippen LogP) is 7.46. The van der Waals surface area contributed by atoms with Gasteiger partial charge in [-0.15, -0.1) is 0 Å². The highest BCUT2D eigenvalue weighted by atomic mass is 16.2. The Hall–Kier alpha value is -4.70. The molecule has 0 radical (unpaired) electrons. The molecule has 5 rings (SSSR count). The number of anilines is 4. The van der Waals surface area contributed by atoms with Gasteiger partial charge in [-0.3, -0.25) is 19.4 Å². The average molecular weight is 485 g/mol. The van der Waals surface area contributed by atoms with Crippen LogP contribution in [0.1, 0.15) is 6.92 Å². The van der Waals surface area contributed by atoms with E-state index in [-0.39, 0.29) is 17.7 Å². The Bertz CT molecular complexity index is 1340. The highest BCUT2D eigenvalue weighted by molar-refractivity contribution is 6.12. The lowest BCUT2D eigenvalue weighted by Crippen LogP contribution is -2.36. The second-order valence-electron chi connectivity index (χ2n) is 9.02. The Kier molecular flexibility index (Phi) is 7.09. The van der Waals surface area contributed by atoms with Crippen LogP contribution in [0.15, 0.2) is 145 Å². The van der Waals surface area contributed by atoms with Crippen LogP contribution in [-0.4, -0.2) is 11.8 Å². The van der Waals surface area contributed by atoms with Crippen LogP contribution in [0.25, 0.3) is 0 Å². The van der Waals surface area contributed by atoms with Crippen LogP contribution in [0.5, 0.6) is 0 Å². The summed E-state index contributed by atoms with van der Waals surface area (Å²) in [5.74, 6) is -0.736. The van der Waals surface area contributed by atoms with E-state index in [1.807, 2.05) is 140 Å². The zero-order chi connectivity index (χ0) is 25.6. The topological polar surface area (TPSA) is 40.6 Å². The Labute approximate surface area is 217 Å². The van der Waals surface area contributed by atoms with Crippen LogP contribution in [0.2, 0.25) is 0 Å². The molecule has 0 saturated carbocycles. The quantitative estimate of drug-likeness (QED) is 0.285. The molecule has 0 heterocycles. The number of rotatable bonds is 6. The molecule has 4 aromatic rings. The van der Waals surface area contributed by atoms with Gasteiger partial charge in [-0.25, -0.2) is 0 Å². The Morgan fingerprint density at radius 1 is 0.568 bits per heavy atom. The fourth-order valence-corrected chi connectivity index (χ4v) is 4.65. The zero-order valence-electron chi connectivity index (χ0n) is 20.6. The number of carbonyl (C=O) groups is 2. The van der Waals surface area contributed by atoms with Crippen molar-refractivity contribution in [3.63, 3.8) is 0 Å². The molecule has 0 aliphatic heterocycles. The molecule has 0 aromatic heterocycles. The highest BCUT2D eigenvalue weighted by Crippen LogP contribution is 2.34. The Morgan fingerprint density at radius 2 is 0.946 bits per heavy atom. The van der Waals surface area contributed by atoms with Gasteiger partial charge in [-0.05, 0) is 54.4 Å². The molecule has 0 fully saturated rings. The molecule has 0 spiro atoms. The van der Waals surface area contributed by atoms with Gasteiger partial charge in [0.1, 0.15) is 0 Å². The molecule has 4 nitrogen and oxygen atoms in total. The monoisotopic (exact) mass is 484 g/mol. The number of nitrogens with zero attached hydrogens (tertiary/aromatic N) is 2. The van der Waals surface area contributed by atoms with Crippen molar-refractivity contribution in [2.75, 3.05) is 9.80 Å². The number of benzene rings is 4. The van der Waals surface area contributed by atoms with E-state index in [4.69, 9.17) is 0 Å². The first-order valence-electron chi connectivity index (χ1n) is 12.4. The lowest BCUT2D eigenvalue weighted by molar-refractivity contribution is -0.121. The molecule has 4 aromatic carbocycles. The van der Waals surface area contributed by atoms with Gasteiger partial charge in [0.15, 0.2) is 0 Å². The SMILES string of the molecule is CC1C=C(C(=O)N(c2ccccc2)c2ccccc2)C=CC1C(=O)N(c1ccccc1)c1ccccc1. The summed E-state index contributed by atoms with van der Waals surface area (Å²) in [6, 6.07) is 38.6. The minimum atomic E-state index is -0.404. The van der Waals surface area contributed by atoms with Crippen molar-refractivity contribution in [2.45, 2.75) is 6.92 Å². The van der Waals surface area contributed by atoms with Gasteiger partial charge in [-0.1, -0.05) is 97.9 Å². The minimum absolute atomic E-state index is 0.0353. The highest BCUT2D eigenvalue weighted by Gasteiger charge is 2.32. The smallest absolute Gasteiger partial charge is 0.262 e.